The molecule has 2 amide bonds. The van der Waals surface area contributed by atoms with Gasteiger partial charge >= 0.3 is 0 Å². The number of hydrogen-bond acceptors (Lipinski definition) is 4. The first kappa shape index (κ1) is 22.4. The lowest BCUT2D eigenvalue weighted by molar-refractivity contribution is -0.117. The first-order valence-electron chi connectivity index (χ1n) is 10.6. The molecule has 0 aliphatic carbocycles. The molecule has 1 fully saturated rings. The zero-order chi connectivity index (χ0) is 23.4. The van der Waals surface area contributed by atoms with E-state index < -0.39 is 11.2 Å². The molecule has 1 atom stereocenters. The number of para-hydroxylation sites is 1. The molecule has 5 nitrogen and oxygen atoms in total. The van der Waals surface area contributed by atoms with Crippen molar-refractivity contribution >= 4 is 35.0 Å². The van der Waals surface area contributed by atoms with Crippen molar-refractivity contribution in [2.24, 2.45) is 0 Å². The number of rotatable bonds is 5. The minimum Gasteiger partial charge on any atom is -0.321 e. The summed E-state index contributed by atoms with van der Waals surface area (Å²) in [5, 5.41) is 12.7. The largest absolute Gasteiger partial charge is 0.321 e. The van der Waals surface area contributed by atoms with Gasteiger partial charge in [0.2, 0.25) is 5.91 Å². The van der Waals surface area contributed by atoms with Crippen LogP contribution in [0.25, 0.3) is 0 Å². The third-order valence-electron chi connectivity index (χ3n) is 5.41. The highest BCUT2D eigenvalue weighted by Gasteiger charge is 2.40. The van der Waals surface area contributed by atoms with Crippen molar-refractivity contribution in [1.82, 2.24) is 0 Å². The molecule has 3 aromatic rings. The summed E-state index contributed by atoms with van der Waals surface area (Å²) in [6, 6.07) is 26.6. The Labute approximate surface area is 197 Å². The van der Waals surface area contributed by atoms with Crippen LogP contribution in [0.3, 0.4) is 0 Å². The van der Waals surface area contributed by atoms with Gasteiger partial charge in [0.25, 0.3) is 5.91 Å². The molecule has 3 aromatic carbocycles. The number of thioether (sulfide) groups is 1. The fraction of sp³-hybridized carbons (Fsp3) is 0.148. The van der Waals surface area contributed by atoms with Crippen molar-refractivity contribution < 1.29 is 9.59 Å². The van der Waals surface area contributed by atoms with Crippen LogP contribution in [0.15, 0.2) is 89.5 Å². The Morgan fingerprint density at radius 1 is 1.03 bits per heavy atom. The molecule has 0 saturated carbocycles. The van der Waals surface area contributed by atoms with Crippen LogP contribution in [0.4, 0.5) is 11.4 Å². The molecule has 1 unspecified atom stereocenters. The number of amides is 2. The summed E-state index contributed by atoms with van der Waals surface area (Å²) in [6.07, 6.45) is 0.509. The number of aryl methyl sites for hydroxylation is 2. The number of nitrogens with zero attached hydrogens (tertiary/aromatic N) is 2. The Morgan fingerprint density at radius 2 is 1.70 bits per heavy atom. The summed E-state index contributed by atoms with van der Waals surface area (Å²) in [4.78, 5) is 28.1. The molecule has 0 aromatic heterocycles. The van der Waals surface area contributed by atoms with Crippen molar-refractivity contribution in [2.75, 3.05) is 10.2 Å². The van der Waals surface area contributed by atoms with Crippen LogP contribution in [0.2, 0.25) is 0 Å². The molecule has 0 radical (unpaired) electrons. The van der Waals surface area contributed by atoms with E-state index in [2.05, 4.69) is 11.4 Å². The second-order valence-corrected chi connectivity index (χ2v) is 9.06. The Balaban J connectivity index is 1.72. The van der Waals surface area contributed by atoms with Crippen LogP contribution < -0.4 is 10.2 Å². The molecule has 1 saturated heterocycles. The second kappa shape index (κ2) is 9.76. The standard InChI is InChI=1S/C27H23N3O2S/c1-18-13-14-23(19(2)15-18)29-25(31)22(17-28)27-30(21-11-7-4-8-12-21)26(32)24(33-27)16-20-9-5-3-6-10-20/h3-15,24H,16H2,1-2H3,(H,29,31)/b27-22-. The number of nitriles is 1. The molecular weight excluding hydrogens is 430 g/mol. The van der Waals surface area contributed by atoms with Gasteiger partial charge in [-0.1, -0.05) is 78.0 Å². The normalized spacial score (nSPS) is 16.9. The summed E-state index contributed by atoms with van der Waals surface area (Å²) in [7, 11) is 0. The van der Waals surface area contributed by atoms with Crippen LogP contribution in [-0.2, 0) is 16.0 Å². The third-order valence-corrected chi connectivity index (χ3v) is 6.68. The van der Waals surface area contributed by atoms with Gasteiger partial charge in [0.05, 0.1) is 5.25 Å². The zero-order valence-electron chi connectivity index (χ0n) is 18.4. The lowest BCUT2D eigenvalue weighted by Crippen LogP contribution is -2.30. The maximum Gasteiger partial charge on any atom is 0.269 e. The zero-order valence-corrected chi connectivity index (χ0v) is 19.2. The first-order valence-corrected chi connectivity index (χ1v) is 11.5. The van der Waals surface area contributed by atoms with Gasteiger partial charge in [0, 0.05) is 11.4 Å². The van der Waals surface area contributed by atoms with E-state index in [0.29, 0.717) is 22.8 Å². The molecule has 33 heavy (non-hydrogen) atoms. The van der Waals surface area contributed by atoms with Crippen LogP contribution >= 0.6 is 11.8 Å². The molecule has 6 heteroatoms. The average Bonchev–Trinajstić information content (AvgIpc) is 3.13. The fourth-order valence-electron chi connectivity index (χ4n) is 3.77. The van der Waals surface area contributed by atoms with Crippen molar-refractivity contribution in [3.8, 4) is 6.07 Å². The van der Waals surface area contributed by atoms with Gasteiger partial charge in [-0.15, -0.1) is 0 Å². The Bertz CT molecular complexity index is 1260. The van der Waals surface area contributed by atoms with Crippen LogP contribution in [0, 0.1) is 25.2 Å². The van der Waals surface area contributed by atoms with E-state index in [1.54, 1.807) is 12.1 Å². The van der Waals surface area contributed by atoms with E-state index in [0.717, 1.165) is 16.7 Å². The molecule has 0 spiro atoms. The molecule has 1 aliphatic rings. The van der Waals surface area contributed by atoms with Crippen molar-refractivity contribution in [2.45, 2.75) is 25.5 Å². The van der Waals surface area contributed by atoms with Crippen LogP contribution in [0.1, 0.15) is 16.7 Å². The van der Waals surface area contributed by atoms with Gasteiger partial charge in [0.15, 0.2) is 0 Å². The van der Waals surface area contributed by atoms with Gasteiger partial charge in [0.1, 0.15) is 16.7 Å². The lowest BCUT2D eigenvalue weighted by atomic mass is 10.1. The Morgan fingerprint density at radius 3 is 2.33 bits per heavy atom. The topological polar surface area (TPSA) is 73.2 Å². The Hall–Kier alpha value is -3.82. The quantitative estimate of drug-likeness (QED) is 0.416. The van der Waals surface area contributed by atoms with Crippen molar-refractivity contribution in [3.05, 3.63) is 106 Å². The summed E-state index contributed by atoms with van der Waals surface area (Å²) in [5.41, 5.74) is 4.21. The van der Waals surface area contributed by atoms with Gasteiger partial charge in [-0.25, -0.2) is 0 Å². The van der Waals surface area contributed by atoms with E-state index in [4.69, 9.17) is 0 Å². The van der Waals surface area contributed by atoms with Crippen LogP contribution in [-0.4, -0.2) is 17.1 Å². The van der Waals surface area contributed by atoms with Crippen molar-refractivity contribution in [3.63, 3.8) is 0 Å². The highest BCUT2D eigenvalue weighted by atomic mass is 32.2. The van der Waals surface area contributed by atoms with Gasteiger partial charge in [-0.3, -0.25) is 14.5 Å². The van der Waals surface area contributed by atoms with Gasteiger partial charge < -0.3 is 5.32 Å². The number of carbonyl (C=O) groups is 2. The third kappa shape index (κ3) is 4.84. The predicted molar refractivity (Wildman–Crippen MR) is 133 cm³/mol. The SMILES string of the molecule is Cc1ccc(NC(=O)/C(C#N)=C2\SC(Cc3ccccc3)C(=O)N2c2ccccc2)c(C)c1. The maximum atomic E-state index is 13.4. The molecule has 164 valence electrons. The number of nitrogens with one attached hydrogen (secondary N) is 1. The predicted octanol–water partition coefficient (Wildman–Crippen LogP) is 5.37. The molecular formula is C27H23N3O2S. The summed E-state index contributed by atoms with van der Waals surface area (Å²) in [6.45, 7) is 3.88. The summed E-state index contributed by atoms with van der Waals surface area (Å²) < 4.78 is 0. The number of hydrogen-bond donors (Lipinski definition) is 1. The first-order chi connectivity index (χ1) is 16.0. The minimum atomic E-state index is -0.527. The number of anilines is 2. The monoisotopic (exact) mass is 453 g/mol. The summed E-state index contributed by atoms with van der Waals surface area (Å²) >= 11 is 1.27. The number of carbonyl (C=O) groups excluding carboxylic acids is 2. The van der Waals surface area contributed by atoms with E-state index in [9.17, 15) is 14.9 Å². The molecule has 1 aliphatic heterocycles. The average molecular weight is 454 g/mol. The highest BCUT2D eigenvalue weighted by molar-refractivity contribution is 8.05. The van der Waals surface area contributed by atoms with Gasteiger partial charge in [-0.2, -0.15) is 5.26 Å². The van der Waals surface area contributed by atoms with E-state index >= 15 is 0 Å². The number of benzene rings is 3. The Kier molecular flexibility index (Phi) is 6.62. The summed E-state index contributed by atoms with van der Waals surface area (Å²) in [5.74, 6) is -0.668. The molecule has 0 bridgehead atoms. The highest BCUT2D eigenvalue weighted by Crippen LogP contribution is 2.42. The molecule has 4 rings (SSSR count). The van der Waals surface area contributed by atoms with Crippen molar-refractivity contribution in [1.29, 1.82) is 5.26 Å². The lowest BCUT2D eigenvalue weighted by Gasteiger charge is -2.18. The van der Waals surface area contributed by atoms with E-state index in [1.807, 2.05) is 80.6 Å². The van der Waals surface area contributed by atoms with Crippen LogP contribution in [0.5, 0.6) is 0 Å². The van der Waals surface area contributed by atoms with Gasteiger partial charge in [-0.05, 0) is 49.6 Å². The van der Waals surface area contributed by atoms with E-state index in [-0.39, 0.29) is 11.5 Å². The molecule has 1 N–H and O–H groups in total. The maximum absolute atomic E-state index is 13.4. The molecule has 1 heterocycles. The van der Waals surface area contributed by atoms with E-state index in [1.165, 1.54) is 16.7 Å². The second-order valence-electron chi connectivity index (χ2n) is 7.87. The smallest absolute Gasteiger partial charge is 0.269 e. The minimum absolute atomic E-state index is 0.0762. The fourth-order valence-corrected chi connectivity index (χ4v) is 5.07.